The first-order chi connectivity index (χ1) is 13.6. The van der Waals surface area contributed by atoms with Gasteiger partial charge in [-0.1, -0.05) is 17.7 Å². The molecule has 0 atom stereocenters. The Kier molecular flexibility index (Phi) is 7.00. The van der Waals surface area contributed by atoms with Crippen LogP contribution in [0.25, 0.3) is 11.3 Å². The number of nitrogens with one attached hydrogen (secondary N) is 2. The molecule has 0 radical (unpaired) electrons. The molecule has 146 valence electrons. The Hall–Kier alpha value is -2.90. The standard InChI is InChI=1S/C20H21ClN4O3/c21-15-6-8-17(18(13-15)25(26)27)19-9-7-16(28-19)14-22-10-3-4-12-24-20-5-1-2-11-23-20/h1-2,5-9,11,13,22H,3-4,10,12,14H2,(H,23,24). The summed E-state index contributed by atoms with van der Waals surface area (Å²) >= 11 is 5.86. The molecule has 8 heteroatoms. The van der Waals surface area contributed by atoms with Crippen LogP contribution < -0.4 is 10.6 Å². The summed E-state index contributed by atoms with van der Waals surface area (Å²) in [6.45, 7) is 2.28. The molecule has 3 rings (SSSR count). The van der Waals surface area contributed by atoms with Crippen molar-refractivity contribution in [1.82, 2.24) is 10.3 Å². The Labute approximate surface area is 167 Å². The quantitative estimate of drug-likeness (QED) is 0.286. The van der Waals surface area contributed by atoms with Gasteiger partial charge < -0.3 is 15.1 Å². The first-order valence-electron chi connectivity index (χ1n) is 9.02. The van der Waals surface area contributed by atoms with Gasteiger partial charge in [0.1, 0.15) is 17.3 Å². The van der Waals surface area contributed by atoms with Gasteiger partial charge in [0.2, 0.25) is 0 Å². The van der Waals surface area contributed by atoms with Crippen molar-refractivity contribution < 1.29 is 9.34 Å². The van der Waals surface area contributed by atoms with Gasteiger partial charge in [-0.2, -0.15) is 0 Å². The highest BCUT2D eigenvalue weighted by atomic mass is 35.5. The summed E-state index contributed by atoms with van der Waals surface area (Å²) in [7, 11) is 0. The highest BCUT2D eigenvalue weighted by molar-refractivity contribution is 6.30. The van der Waals surface area contributed by atoms with Gasteiger partial charge >= 0.3 is 0 Å². The van der Waals surface area contributed by atoms with E-state index >= 15 is 0 Å². The Morgan fingerprint density at radius 3 is 2.75 bits per heavy atom. The van der Waals surface area contributed by atoms with Gasteiger partial charge in [0, 0.05) is 23.8 Å². The van der Waals surface area contributed by atoms with Crippen molar-refractivity contribution in [2.45, 2.75) is 19.4 Å². The molecule has 28 heavy (non-hydrogen) atoms. The lowest BCUT2D eigenvalue weighted by Crippen LogP contribution is -2.15. The van der Waals surface area contributed by atoms with Crippen molar-refractivity contribution in [3.63, 3.8) is 0 Å². The van der Waals surface area contributed by atoms with E-state index in [2.05, 4.69) is 15.6 Å². The Bertz CT molecular complexity index is 915. The lowest BCUT2D eigenvalue weighted by molar-refractivity contribution is -0.384. The molecule has 0 saturated carbocycles. The maximum absolute atomic E-state index is 11.2. The number of hydrogen-bond acceptors (Lipinski definition) is 6. The minimum Gasteiger partial charge on any atom is -0.459 e. The van der Waals surface area contributed by atoms with Crippen LogP contribution in [0.15, 0.2) is 59.1 Å². The molecule has 0 fully saturated rings. The highest BCUT2D eigenvalue weighted by Gasteiger charge is 2.18. The van der Waals surface area contributed by atoms with Crippen LogP contribution in [0.1, 0.15) is 18.6 Å². The number of nitrogens with zero attached hydrogens (tertiary/aromatic N) is 2. The summed E-state index contributed by atoms with van der Waals surface area (Å²) in [6.07, 6.45) is 3.79. The predicted molar refractivity (Wildman–Crippen MR) is 109 cm³/mol. The van der Waals surface area contributed by atoms with E-state index in [1.54, 1.807) is 24.4 Å². The number of hydrogen-bond donors (Lipinski definition) is 2. The number of rotatable bonds is 10. The van der Waals surface area contributed by atoms with Gasteiger partial charge in [0.25, 0.3) is 5.69 Å². The fourth-order valence-electron chi connectivity index (χ4n) is 2.75. The molecular weight excluding hydrogens is 380 g/mol. The van der Waals surface area contributed by atoms with Crippen LogP contribution >= 0.6 is 11.6 Å². The number of furan rings is 1. The zero-order chi connectivity index (χ0) is 19.8. The van der Waals surface area contributed by atoms with Crippen LogP contribution in [-0.2, 0) is 6.54 Å². The summed E-state index contributed by atoms with van der Waals surface area (Å²) in [4.78, 5) is 15.0. The number of pyridine rings is 1. The second-order valence-electron chi connectivity index (χ2n) is 6.21. The highest BCUT2D eigenvalue weighted by Crippen LogP contribution is 2.33. The maximum Gasteiger partial charge on any atom is 0.281 e. The summed E-state index contributed by atoms with van der Waals surface area (Å²) in [5.74, 6) is 2.07. The minimum atomic E-state index is -0.458. The summed E-state index contributed by atoms with van der Waals surface area (Å²) < 4.78 is 5.76. The van der Waals surface area contributed by atoms with Gasteiger partial charge in [-0.3, -0.25) is 10.1 Å². The average molecular weight is 401 g/mol. The van der Waals surface area contributed by atoms with Crippen molar-refractivity contribution in [2.75, 3.05) is 18.4 Å². The second kappa shape index (κ2) is 9.87. The molecule has 7 nitrogen and oxygen atoms in total. The summed E-state index contributed by atoms with van der Waals surface area (Å²) in [5.41, 5.74) is 0.350. The third-order valence-corrected chi connectivity index (χ3v) is 4.37. The first kappa shape index (κ1) is 19.9. The lowest BCUT2D eigenvalue weighted by atomic mass is 10.1. The molecule has 3 aromatic rings. The van der Waals surface area contributed by atoms with Crippen molar-refractivity contribution in [2.24, 2.45) is 0 Å². The molecule has 0 spiro atoms. The Morgan fingerprint density at radius 1 is 1.11 bits per heavy atom. The van der Waals surface area contributed by atoms with E-state index in [4.69, 9.17) is 16.0 Å². The molecule has 0 aliphatic rings. The Morgan fingerprint density at radius 2 is 1.96 bits per heavy atom. The van der Waals surface area contributed by atoms with Crippen molar-refractivity contribution in [1.29, 1.82) is 0 Å². The third kappa shape index (κ3) is 5.55. The third-order valence-electron chi connectivity index (χ3n) is 4.13. The predicted octanol–water partition coefficient (Wildman–Crippen LogP) is 4.89. The van der Waals surface area contributed by atoms with Crippen LogP contribution in [0.4, 0.5) is 11.5 Å². The molecule has 0 aliphatic heterocycles. The average Bonchev–Trinajstić information content (AvgIpc) is 3.16. The van der Waals surface area contributed by atoms with E-state index in [1.165, 1.54) is 6.07 Å². The molecule has 0 saturated heterocycles. The zero-order valence-corrected chi connectivity index (χ0v) is 16.0. The summed E-state index contributed by atoms with van der Waals surface area (Å²) in [5, 5.41) is 18.1. The lowest BCUT2D eigenvalue weighted by Gasteiger charge is -2.06. The molecular formula is C20H21ClN4O3. The fourth-order valence-corrected chi connectivity index (χ4v) is 2.92. The van der Waals surface area contributed by atoms with E-state index in [9.17, 15) is 10.1 Å². The SMILES string of the molecule is O=[N+]([O-])c1cc(Cl)ccc1-c1ccc(CNCCCCNc2ccccn2)o1. The number of nitro groups is 1. The van der Waals surface area contributed by atoms with Crippen molar-refractivity contribution >= 4 is 23.1 Å². The van der Waals surface area contributed by atoms with Crippen LogP contribution in [-0.4, -0.2) is 23.0 Å². The van der Waals surface area contributed by atoms with Crippen LogP contribution in [0.3, 0.4) is 0 Å². The van der Waals surface area contributed by atoms with Gasteiger partial charge in [-0.05, 0) is 55.8 Å². The summed E-state index contributed by atoms with van der Waals surface area (Å²) in [6, 6.07) is 13.9. The van der Waals surface area contributed by atoms with E-state index in [0.717, 1.165) is 37.5 Å². The number of anilines is 1. The van der Waals surface area contributed by atoms with Gasteiger partial charge in [0.15, 0.2) is 0 Å². The number of nitro benzene ring substituents is 1. The normalized spacial score (nSPS) is 10.8. The Balaban J connectivity index is 1.42. The maximum atomic E-state index is 11.2. The molecule has 0 bridgehead atoms. The van der Waals surface area contributed by atoms with E-state index in [1.807, 2.05) is 24.3 Å². The van der Waals surface area contributed by atoms with E-state index in [0.29, 0.717) is 22.9 Å². The first-order valence-corrected chi connectivity index (χ1v) is 9.40. The van der Waals surface area contributed by atoms with Crippen LogP contribution in [0.2, 0.25) is 5.02 Å². The van der Waals surface area contributed by atoms with Crippen LogP contribution in [0, 0.1) is 10.1 Å². The smallest absolute Gasteiger partial charge is 0.281 e. The molecule has 0 unspecified atom stereocenters. The van der Waals surface area contributed by atoms with E-state index < -0.39 is 4.92 Å². The number of aromatic nitrogens is 1. The molecule has 0 aliphatic carbocycles. The number of halogens is 1. The molecule has 2 heterocycles. The molecule has 2 aromatic heterocycles. The monoisotopic (exact) mass is 400 g/mol. The van der Waals surface area contributed by atoms with Gasteiger partial charge in [-0.25, -0.2) is 4.98 Å². The van der Waals surface area contributed by atoms with Crippen molar-refractivity contribution in [3.05, 3.63) is 75.6 Å². The largest absolute Gasteiger partial charge is 0.459 e. The topological polar surface area (TPSA) is 93.2 Å². The van der Waals surface area contributed by atoms with Gasteiger partial charge in [-0.15, -0.1) is 0 Å². The van der Waals surface area contributed by atoms with Gasteiger partial charge in [0.05, 0.1) is 17.0 Å². The fraction of sp³-hybridized carbons (Fsp3) is 0.250. The second-order valence-corrected chi connectivity index (χ2v) is 6.65. The minimum absolute atomic E-state index is 0.0678. The van der Waals surface area contributed by atoms with Crippen molar-refractivity contribution in [3.8, 4) is 11.3 Å². The number of benzene rings is 1. The van der Waals surface area contributed by atoms with E-state index in [-0.39, 0.29) is 5.69 Å². The van der Waals surface area contributed by atoms with Crippen LogP contribution in [0.5, 0.6) is 0 Å². The molecule has 0 amide bonds. The molecule has 1 aromatic carbocycles. The number of unbranched alkanes of at least 4 members (excludes halogenated alkanes) is 1. The zero-order valence-electron chi connectivity index (χ0n) is 15.2. The molecule has 2 N–H and O–H groups in total.